The number of carbonyl (C=O) groups excluding carboxylic acids is 1. The zero-order valence-electron chi connectivity index (χ0n) is 15.5. The lowest BCUT2D eigenvalue weighted by molar-refractivity contribution is -0.00173. The lowest BCUT2D eigenvalue weighted by atomic mass is 10.1. The number of rotatable bonds is 4. The molecule has 1 amide bonds. The van der Waals surface area contributed by atoms with E-state index in [4.69, 9.17) is 21.1 Å². The number of fused-ring (bicyclic) bond motifs is 1. The van der Waals surface area contributed by atoms with Gasteiger partial charge in [0.05, 0.1) is 36.7 Å². The van der Waals surface area contributed by atoms with Crippen molar-refractivity contribution in [3.8, 4) is 5.75 Å². The molecule has 1 aliphatic rings. The standard InChI is InChI=1S/C20H19ClN4O3/c1-12-3-8-16(15(21)9-12)22-20(26)19-17-11-28-18(10-25(17)24-23-19)13-4-6-14(27-2)7-5-13/h3-9,18H,10-11H2,1-2H3,(H,22,26)/t18-/m0/s1. The fourth-order valence-corrected chi connectivity index (χ4v) is 3.39. The Bertz CT molecular complexity index is 1020. The average molecular weight is 399 g/mol. The molecule has 0 fully saturated rings. The van der Waals surface area contributed by atoms with Crippen LogP contribution in [0.3, 0.4) is 0 Å². The molecule has 2 heterocycles. The Kier molecular flexibility index (Phi) is 5.02. The highest BCUT2D eigenvalue weighted by atomic mass is 35.5. The van der Waals surface area contributed by atoms with E-state index in [2.05, 4.69) is 15.6 Å². The molecule has 3 aromatic rings. The quantitative estimate of drug-likeness (QED) is 0.723. The van der Waals surface area contributed by atoms with Crippen molar-refractivity contribution in [1.29, 1.82) is 0 Å². The van der Waals surface area contributed by atoms with E-state index in [0.29, 0.717) is 22.9 Å². The molecular formula is C20H19ClN4O3. The Hall–Kier alpha value is -2.90. The summed E-state index contributed by atoms with van der Waals surface area (Å²) >= 11 is 6.20. The zero-order chi connectivity index (χ0) is 19.7. The summed E-state index contributed by atoms with van der Waals surface area (Å²) in [6.07, 6.45) is -0.164. The SMILES string of the molecule is COc1ccc([C@@H]2Cn3nnc(C(=O)Nc4ccc(C)cc4Cl)c3CO2)cc1. The highest BCUT2D eigenvalue weighted by Gasteiger charge is 2.28. The summed E-state index contributed by atoms with van der Waals surface area (Å²) in [5, 5.41) is 11.5. The first kappa shape index (κ1) is 18.5. The molecule has 0 saturated heterocycles. The van der Waals surface area contributed by atoms with Crippen LogP contribution in [0.15, 0.2) is 42.5 Å². The maximum Gasteiger partial charge on any atom is 0.278 e. The molecule has 0 spiro atoms. The molecule has 1 atom stereocenters. The molecule has 0 bridgehead atoms. The van der Waals surface area contributed by atoms with E-state index in [9.17, 15) is 4.79 Å². The second kappa shape index (κ2) is 7.61. The van der Waals surface area contributed by atoms with E-state index in [1.807, 2.05) is 37.3 Å². The fourth-order valence-electron chi connectivity index (χ4n) is 3.11. The molecule has 1 N–H and O–H groups in total. The summed E-state index contributed by atoms with van der Waals surface area (Å²) in [7, 11) is 1.63. The number of anilines is 1. The van der Waals surface area contributed by atoms with Gasteiger partial charge in [0.15, 0.2) is 5.69 Å². The van der Waals surface area contributed by atoms with Gasteiger partial charge < -0.3 is 14.8 Å². The smallest absolute Gasteiger partial charge is 0.278 e. The third-order valence-corrected chi connectivity index (χ3v) is 4.99. The van der Waals surface area contributed by atoms with Gasteiger partial charge in [-0.05, 0) is 42.3 Å². The third kappa shape index (κ3) is 3.58. The second-order valence-electron chi connectivity index (χ2n) is 6.58. The largest absolute Gasteiger partial charge is 0.497 e. The van der Waals surface area contributed by atoms with Crippen LogP contribution < -0.4 is 10.1 Å². The van der Waals surface area contributed by atoms with Crippen LogP contribution >= 0.6 is 11.6 Å². The highest BCUT2D eigenvalue weighted by Crippen LogP contribution is 2.29. The monoisotopic (exact) mass is 398 g/mol. The Morgan fingerprint density at radius 3 is 2.79 bits per heavy atom. The minimum absolute atomic E-state index is 0.164. The van der Waals surface area contributed by atoms with Crippen LogP contribution in [0.5, 0.6) is 5.75 Å². The van der Waals surface area contributed by atoms with Gasteiger partial charge in [0.1, 0.15) is 11.9 Å². The summed E-state index contributed by atoms with van der Waals surface area (Å²) in [5.74, 6) is 0.424. The first-order valence-electron chi connectivity index (χ1n) is 8.80. The summed E-state index contributed by atoms with van der Waals surface area (Å²) in [6, 6.07) is 13.1. The van der Waals surface area contributed by atoms with Crippen molar-refractivity contribution in [3.05, 3.63) is 70.0 Å². The molecule has 0 aliphatic carbocycles. The van der Waals surface area contributed by atoms with E-state index in [0.717, 1.165) is 16.9 Å². The number of hydrogen-bond donors (Lipinski definition) is 1. The van der Waals surface area contributed by atoms with Gasteiger partial charge in [-0.2, -0.15) is 0 Å². The normalized spacial score (nSPS) is 15.8. The lowest BCUT2D eigenvalue weighted by Crippen LogP contribution is -2.24. The first-order valence-corrected chi connectivity index (χ1v) is 9.18. The van der Waals surface area contributed by atoms with E-state index in [1.165, 1.54) is 0 Å². The third-order valence-electron chi connectivity index (χ3n) is 4.67. The van der Waals surface area contributed by atoms with Gasteiger partial charge >= 0.3 is 0 Å². The number of carbonyl (C=O) groups is 1. The summed E-state index contributed by atoms with van der Waals surface area (Å²) in [4.78, 5) is 12.7. The van der Waals surface area contributed by atoms with Crippen LogP contribution in [0.2, 0.25) is 5.02 Å². The maximum absolute atomic E-state index is 12.7. The molecule has 28 heavy (non-hydrogen) atoms. The zero-order valence-corrected chi connectivity index (χ0v) is 16.2. The Balaban J connectivity index is 1.50. The van der Waals surface area contributed by atoms with E-state index >= 15 is 0 Å². The first-order chi connectivity index (χ1) is 13.5. The van der Waals surface area contributed by atoms with E-state index in [-0.39, 0.29) is 24.3 Å². The topological polar surface area (TPSA) is 78.3 Å². The molecular weight excluding hydrogens is 380 g/mol. The van der Waals surface area contributed by atoms with Crippen molar-refractivity contribution in [2.75, 3.05) is 12.4 Å². The molecule has 0 unspecified atom stereocenters. The predicted molar refractivity (Wildman–Crippen MR) is 105 cm³/mol. The number of nitrogens with zero attached hydrogens (tertiary/aromatic N) is 3. The molecule has 0 radical (unpaired) electrons. The van der Waals surface area contributed by atoms with Crippen LogP contribution in [0.1, 0.15) is 33.4 Å². The van der Waals surface area contributed by atoms with Gasteiger partial charge in [-0.3, -0.25) is 4.79 Å². The maximum atomic E-state index is 12.7. The van der Waals surface area contributed by atoms with Crippen molar-refractivity contribution < 1.29 is 14.3 Å². The highest BCUT2D eigenvalue weighted by molar-refractivity contribution is 6.34. The van der Waals surface area contributed by atoms with Gasteiger partial charge in [0.2, 0.25) is 0 Å². The van der Waals surface area contributed by atoms with E-state index in [1.54, 1.807) is 23.9 Å². The molecule has 1 aliphatic heterocycles. The number of hydrogen-bond acceptors (Lipinski definition) is 5. The van der Waals surface area contributed by atoms with Crippen LogP contribution in [0.4, 0.5) is 5.69 Å². The Labute approximate surface area is 167 Å². The molecule has 8 heteroatoms. The summed E-state index contributed by atoms with van der Waals surface area (Å²) in [6.45, 7) is 2.66. The lowest BCUT2D eigenvalue weighted by Gasteiger charge is -2.24. The average Bonchev–Trinajstić information content (AvgIpc) is 3.13. The van der Waals surface area contributed by atoms with Gasteiger partial charge in [-0.1, -0.05) is 35.0 Å². The molecule has 0 saturated carbocycles. The van der Waals surface area contributed by atoms with Crippen molar-refractivity contribution in [1.82, 2.24) is 15.0 Å². The summed E-state index contributed by atoms with van der Waals surface area (Å²) in [5.41, 5.74) is 3.45. The molecule has 144 valence electrons. The minimum atomic E-state index is -0.362. The van der Waals surface area contributed by atoms with Crippen LogP contribution in [0, 0.1) is 6.92 Å². The predicted octanol–water partition coefficient (Wildman–Crippen LogP) is 3.77. The number of ether oxygens (including phenoxy) is 2. The fraction of sp³-hybridized carbons (Fsp3) is 0.250. The van der Waals surface area contributed by atoms with Crippen molar-refractivity contribution in [3.63, 3.8) is 0 Å². The number of benzene rings is 2. The molecule has 4 rings (SSSR count). The van der Waals surface area contributed by atoms with Gasteiger partial charge in [-0.25, -0.2) is 4.68 Å². The van der Waals surface area contributed by atoms with Crippen molar-refractivity contribution in [2.24, 2.45) is 0 Å². The number of aryl methyl sites for hydroxylation is 1. The number of methoxy groups -OCH3 is 1. The van der Waals surface area contributed by atoms with Crippen LogP contribution in [-0.4, -0.2) is 28.0 Å². The van der Waals surface area contributed by atoms with Gasteiger partial charge in [0, 0.05) is 0 Å². The van der Waals surface area contributed by atoms with Gasteiger partial charge in [-0.15, -0.1) is 5.10 Å². The second-order valence-corrected chi connectivity index (χ2v) is 6.98. The minimum Gasteiger partial charge on any atom is -0.497 e. The van der Waals surface area contributed by atoms with Crippen molar-refractivity contribution >= 4 is 23.2 Å². The Morgan fingerprint density at radius 2 is 2.07 bits per heavy atom. The number of aromatic nitrogens is 3. The number of nitrogens with one attached hydrogen (secondary N) is 1. The molecule has 2 aromatic carbocycles. The Morgan fingerprint density at radius 1 is 1.29 bits per heavy atom. The molecule has 1 aromatic heterocycles. The van der Waals surface area contributed by atoms with E-state index < -0.39 is 0 Å². The van der Waals surface area contributed by atoms with Crippen LogP contribution in [-0.2, 0) is 17.9 Å². The number of amides is 1. The van der Waals surface area contributed by atoms with Crippen LogP contribution in [0.25, 0.3) is 0 Å². The molecule has 7 nitrogen and oxygen atoms in total. The summed E-state index contributed by atoms with van der Waals surface area (Å²) < 4.78 is 12.9. The number of halogens is 1. The van der Waals surface area contributed by atoms with Crippen molar-refractivity contribution in [2.45, 2.75) is 26.2 Å². The van der Waals surface area contributed by atoms with Gasteiger partial charge in [0.25, 0.3) is 5.91 Å².